The molecule has 1 aliphatic carbocycles. The molecule has 25 heavy (non-hydrogen) atoms. The van der Waals surface area contributed by atoms with Crippen molar-refractivity contribution in [3.63, 3.8) is 0 Å². The number of nitrogens with zero attached hydrogens (tertiary/aromatic N) is 4. The molecule has 0 unspecified atom stereocenters. The van der Waals surface area contributed by atoms with Crippen LogP contribution in [0.25, 0.3) is 0 Å². The summed E-state index contributed by atoms with van der Waals surface area (Å²) in [5.41, 5.74) is 2.68. The Balaban J connectivity index is 1.50. The molecule has 1 N–H and O–H groups in total. The lowest BCUT2D eigenvalue weighted by atomic mass is 10.1. The number of hydrogen-bond donors (Lipinski definition) is 1. The van der Waals surface area contributed by atoms with Gasteiger partial charge in [-0.15, -0.1) is 0 Å². The molecule has 1 fully saturated rings. The second-order valence-electron chi connectivity index (χ2n) is 8.47. The highest BCUT2D eigenvalue weighted by Gasteiger charge is 2.33. The van der Waals surface area contributed by atoms with E-state index in [0.717, 1.165) is 30.9 Å². The number of hydrogen-bond acceptors (Lipinski definition) is 3. The quantitative estimate of drug-likeness (QED) is 0.933. The highest BCUT2D eigenvalue weighted by molar-refractivity contribution is 5.92. The van der Waals surface area contributed by atoms with Crippen molar-refractivity contribution in [1.82, 2.24) is 24.6 Å². The van der Waals surface area contributed by atoms with Gasteiger partial charge in [0.05, 0.1) is 11.2 Å². The lowest BCUT2D eigenvalue weighted by Crippen LogP contribution is -2.41. The molecular formula is C19H27N5O. The summed E-state index contributed by atoms with van der Waals surface area (Å²) < 4.78 is 4.20. The van der Waals surface area contributed by atoms with Crippen molar-refractivity contribution in [2.45, 2.75) is 77.4 Å². The maximum atomic E-state index is 12.8. The van der Waals surface area contributed by atoms with Gasteiger partial charge in [0.25, 0.3) is 5.91 Å². The first-order chi connectivity index (χ1) is 11.8. The Bertz CT molecular complexity index is 806. The van der Waals surface area contributed by atoms with Crippen LogP contribution in [0.5, 0.6) is 0 Å². The summed E-state index contributed by atoms with van der Waals surface area (Å²) in [6, 6.07) is 2.13. The molecule has 2 aliphatic rings. The Morgan fingerprint density at radius 2 is 2.04 bits per heavy atom. The first kappa shape index (κ1) is 16.4. The van der Waals surface area contributed by atoms with Gasteiger partial charge in [-0.05, 0) is 53.0 Å². The van der Waals surface area contributed by atoms with Crippen LogP contribution >= 0.6 is 0 Å². The number of fused-ring (bicyclic) bond motifs is 1. The summed E-state index contributed by atoms with van der Waals surface area (Å²) >= 11 is 0. The van der Waals surface area contributed by atoms with Crippen LogP contribution < -0.4 is 5.32 Å². The second-order valence-corrected chi connectivity index (χ2v) is 8.47. The Hall–Kier alpha value is -2.11. The van der Waals surface area contributed by atoms with Gasteiger partial charge in [-0.25, -0.2) is 4.98 Å². The molecule has 4 rings (SSSR count). The van der Waals surface area contributed by atoms with Crippen LogP contribution in [0, 0.1) is 6.92 Å². The number of carbonyl (C=O) groups excluding carboxylic acids is 1. The molecular weight excluding hydrogens is 314 g/mol. The number of rotatable bonds is 3. The van der Waals surface area contributed by atoms with E-state index in [1.165, 1.54) is 18.5 Å². The van der Waals surface area contributed by atoms with E-state index in [2.05, 4.69) is 46.9 Å². The molecule has 0 spiro atoms. The predicted octanol–water partition coefficient (Wildman–Crippen LogP) is 2.77. The Morgan fingerprint density at radius 1 is 1.28 bits per heavy atom. The smallest absolute Gasteiger partial charge is 0.272 e. The zero-order chi connectivity index (χ0) is 17.8. The van der Waals surface area contributed by atoms with Crippen LogP contribution in [0.2, 0.25) is 0 Å². The van der Waals surface area contributed by atoms with Crippen LogP contribution in [-0.4, -0.2) is 31.3 Å². The number of aromatic nitrogens is 4. The summed E-state index contributed by atoms with van der Waals surface area (Å²) in [5.74, 6) is 1.63. The van der Waals surface area contributed by atoms with E-state index in [1.807, 2.05) is 17.7 Å². The summed E-state index contributed by atoms with van der Waals surface area (Å²) in [6.45, 7) is 9.21. The molecule has 3 heterocycles. The van der Waals surface area contributed by atoms with Crippen molar-refractivity contribution < 1.29 is 4.79 Å². The van der Waals surface area contributed by atoms with Gasteiger partial charge in [-0.3, -0.25) is 9.48 Å². The molecule has 134 valence electrons. The fraction of sp³-hybridized carbons (Fsp3) is 0.632. The van der Waals surface area contributed by atoms with Crippen LogP contribution in [0.4, 0.5) is 0 Å². The van der Waals surface area contributed by atoms with Crippen LogP contribution in [-0.2, 0) is 18.5 Å². The van der Waals surface area contributed by atoms with Gasteiger partial charge in [0.15, 0.2) is 0 Å². The minimum atomic E-state index is -0.107. The summed E-state index contributed by atoms with van der Waals surface area (Å²) in [6.07, 6.45) is 6.30. The van der Waals surface area contributed by atoms with Gasteiger partial charge in [-0.1, -0.05) is 0 Å². The van der Waals surface area contributed by atoms with Gasteiger partial charge >= 0.3 is 0 Å². The maximum Gasteiger partial charge on any atom is 0.272 e. The third kappa shape index (κ3) is 3.22. The molecule has 0 saturated heterocycles. The number of amides is 1. The first-order valence-corrected chi connectivity index (χ1v) is 9.25. The average molecular weight is 341 g/mol. The molecule has 0 radical (unpaired) electrons. The summed E-state index contributed by atoms with van der Waals surface area (Å²) in [4.78, 5) is 17.3. The fourth-order valence-corrected chi connectivity index (χ4v) is 3.68. The van der Waals surface area contributed by atoms with E-state index < -0.39 is 0 Å². The highest BCUT2D eigenvalue weighted by atomic mass is 16.2. The molecule has 2 aromatic rings. The molecule has 1 aliphatic heterocycles. The fourth-order valence-electron chi connectivity index (χ4n) is 3.68. The number of aryl methyl sites for hydroxylation is 2. The molecule has 0 aromatic carbocycles. The predicted molar refractivity (Wildman–Crippen MR) is 95.7 cm³/mol. The zero-order valence-corrected chi connectivity index (χ0v) is 15.5. The van der Waals surface area contributed by atoms with E-state index in [4.69, 9.17) is 0 Å². The number of carbonyl (C=O) groups is 1. The van der Waals surface area contributed by atoms with E-state index in [9.17, 15) is 4.79 Å². The summed E-state index contributed by atoms with van der Waals surface area (Å²) in [7, 11) is 0. The normalized spacial score (nSPS) is 20.4. The van der Waals surface area contributed by atoms with E-state index in [1.54, 1.807) is 0 Å². The van der Waals surface area contributed by atoms with E-state index in [-0.39, 0.29) is 17.5 Å². The van der Waals surface area contributed by atoms with Gasteiger partial charge in [-0.2, -0.15) is 5.10 Å². The van der Waals surface area contributed by atoms with Crippen molar-refractivity contribution >= 4 is 5.91 Å². The molecule has 6 heteroatoms. The van der Waals surface area contributed by atoms with Crippen LogP contribution in [0.1, 0.15) is 73.7 Å². The first-order valence-electron chi connectivity index (χ1n) is 9.25. The van der Waals surface area contributed by atoms with Crippen LogP contribution in [0.3, 0.4) is 0 Å². The second kappa shape index (κ2) is 5.71. The third-order valence-corrected chi connectivity index (χ3v) is 5.05. The molecule has 6 nitrogen and oxygen atoms in total. The van der Waals surface area contributed by atoms with Crippen LogP contribution in [0.15, 0.2) is 12.3 Å². The monoisotopic (exact) mass is 341 g/mol. The minimum Gasteiger partial charge on any atom is -0.346 e. The maximum absolute atomic E-state index is 12.8. The molecule has 1 atom stereocenters. The van der Waals surface area contributed by atoms with Gasteiger partial charge in [0.2, 0.25) is 0 Å². The molecule has 2 aromatic heterocycles. The SMILES string of the molecule is Cc1cn2c(n1)CC[C@H](NC(=O)c1cc(C3CC3)n(C(C)(C)C)n1)C2. The van der Waals surface area contributed by atoms with E-state index in [0.29, 0.717) is 11.6 Å². The van der Waals surface area contributed by atoms with E-state index >= 15 is 0 Å². The van der Waals surface area contributed by atoms with Gasteiger partial charge < -0.3 is 9.88 Å². The van der Waals surface area contributed by atoms with Crippen molar-refractivity contribution in [1.29, 1.82) is 0 Å². The third-order valence-electron chi connectivity index (χ3n) is 5.05. The highest BCUT2D eigenvalue weighted by Crippen LogP contribution is 2.41. The lowest BCUT2D eigenvalue weighted by molar-refractivity contribution is 0.0921. The van der Waals surface area contributed by atoms with Gasteiger partial charge in [0.1, 0.15) is 11.5 Å². The Labute approximate surface area is 148 Å². The molecule has 0 bridgehead atoms. The average Bonchev–Trinajstić information content (AvgIpc) is 3.14. The Morgan fingerprint density at radius 3 is 2.72 bits per heavy atom. The topological polar surface area (TPSA) is 64.7 Å². The number of imidazole rings is 1. The molecule has 1 amide bonds. The number of nitrogens with one attached hydrogen (secondary N) is 1. The largest absolute Gasteiger partial charge is 0.346 e. The minimum absolute atomic E-state index is 0.0600. The molecule has 1 saturated carbocycles. The Kier molecular flexibility index (Phi) is 3.74. The van der Waals surface area contributed by atoms with Crippen molar-refractivity contribution in [3.05, 3.63) is 35.2 Å². The zero-order valence-electron chi connectivity index (χ0n) is 15.5. The standard InChI is InChI=1S/C19H27N5O/c1-12-10-23-11-14(7-8-17(23)20-12)21-18(25)15-9-16(13-5-6-13)24(22-15)19(2,3)4/h9-10,13-14H,5-8,11H2,1-4H3,(H,21,25)/t14-/m0/s1. The van der Waals surface area contributed by atoms with Crippen molar-refractivity contribution in [3.8, 4) is 0 Å². The lowest BCUT2D eigenvalue weighted by Gasteiger charge is -2.24. The van der Waals surface area contributed by atoms with Crippen molar-refractivity contribution in [2.75, 3.05) is 0 Å². The summed E-state index contributed by atoms with van der Waals surface area (Å²) in [5, 5.41) is 7.82. The van der Waals surface area contributed by atoms with Crippen molar-refractivity contribution in [2.24, 2.45) is 0 Å². The van der Waals surface area contributed by atoms with Gasteiger partial charge in [0, 0.05) is 36.8 Å².